The number of rotatable bonds is 10. The second kappa shape index (κ2) is 10.7. The maximum Gasteiger partial charge on any atom is 0.316 e. The van der Waals surface area contributed by atoms with Crippen LogP contribution in [0, 0.1) is 4.91 Å². The van der Waals surface area contributed by atoms with E-state index in [9.17, 15) is 19.6 Å². The smallest absolute Gasteiger partial charge is 0.316 e. The van der Waals surface area contributed by atoms with Crippen molar-refractivity contribution >= 4 is 23.2 Å². The van der Waals surface area contributed by atoms with Gasteiger partial charge in [-0.15, -0.1) is 16.2 Å². The van der Waals surface area contributed by atoms with Gasteiger partial charge in [-0.1, -0.05) is 18.2 Å². The van der Waals surface area contributed by atoms with E-state index in [4.69, 9.17) is 0 Å². The monoisotopic (exact) mass is 389 g/mol. The fraction of sp³-hybridized carbons (Fsp3) is 0.368. The Hall–Kier alpha value is -2.42. The van der Waals surface area contributed by atoms with Crippen LogP contribution in [-0.4, -0.2) is 41.1 Å². The molecular weight excluding hydrogens is 366 g/mol. The molecule has 2 N–H and O–H groups in total. The van der Waals surface area contributed by atoms with Crippen LogP contribution in [-0.2, 0) is 17.6 Å². The van der Waals surface area contributed by atoms with Crippen LogP contribution < -0.4 is 5.43 Å². The quantitative estimate of drug-likeness (QED) is 0.481. The number of nitroso groups, excluding NO2 is 1. The number of aliphatic hydroxyl groups is 1. The molecule has 1 heterocycles. The van der Waals surface area contributed by atoms with Crippen molar-refractivity contribution < 1.29 is 14.7 Å². The van der Waals surface area contributed by atoms with E-state index in [0.29, 0.717) is 32.4 Å². The lowest BCUT2D eigenvalue weighted by Crippen LogP contribution is -2.44. The Morgan fingerprint density at radius 3 is 2.59 bits per heavy atom. The number of thiophene rings is 1. The molecule has 0 aliphatic heterocycles. The van der Waals surface area contributed by atoms with Gasteiger partial charge in [0.2, 0.25) is 5.91 Å². The third kappa shape index (κ3) is 7.01. The first-order chi connectivity index (χ1) is 13.0. The molecule has 1 unspecified atom stereocenters. The summed E-state index contributed by atoms with van der Waals surface area (Å²) in [5.74, 6) is -0.908. The van der Waals surface area contributed by atoms with Gasteiger partial charge >= 0.3 is 5.91 Å². The number of nitrogens with zero attached hydrogens (tertiary/aromatic N) is 2. The number of amides is 2. The number of hydrazine groups is 1. The molecule has 0 bridgehead atoms. The third-order valence-corrected chi connectivity index (χ3v) is 4.98. The summed E-state index contributed by atoms with van der Waals surface area (Å²) < 4.78 is 0. The number of carbonyl (C=O) groups is 2. The molecule has 1 aromatic carbocycles. The van der Waals surface area contributed by atoms with Gasteiger partial charge < -0.3 is 5.11 Å². The number of nitrogens with one attached hydrogen (secondary N) is 1. The number of hydrogen-bond acceptors (Lipinski definition) is 6. The summed E-state index contributed by atoms with van der Waals surface area (Å²) in [5.41, 5.74) is 4.23. The SMILES string of the molecule is CC(=O)N(CCc1ccc(C(=O)N=O)cc1)NCCC(O)Cc1cccs1. The van der Waals surface area contributed by atoms with Crippen LogP contribution in [0.5, 0.6) is 0 Å². The molecule has 0 aliphatic carbocycles. The summed E-state index contributed by atoms with van der Waals surface area (Å²) in [6, 6.07) is 10.5. The lowest BCUT2D eigenvalue weighted by atomic mass is 10.1. The van der Waals surface area contributed by atoms with Gasteiger partial charge in [0.25, 0.3) is 0 Å². The molecule has 27 heavy (non-hydrogen) atoms. The fourth-order valence-electron chi connectivity index (χ4n) is 2.58. The largest absolute Gasteiger partial charge is 0.393 e. The van der Waals surface area contributed by atoms with Crippen molar-refractivity contribution in [2.24, 2.45) is 5.18 Å². The highest BCUT2D eigenvalue weighted by Crippen LogP contribution is 2.12. The lowest BCUT2D eigenvalue weighted by molar-refractivity contribution is -0.132. The average molecular weight is 389 g/mol. The first-order valence-electron chi connectivity index (χ1n) is 8.68. The summed E-state index contributed by atoms with van der Waals surface area (Å²) >= 11 is 1.62. The molecule has 2 aromatic rings. The predicted molar refractivity (Wildman–Crippen MR) is 104 cm³/mol. The molecule has 2 amide bonds. The second-order valence-corrected chi connectivity index (χ2v) is 7.18. The van der Waals surface area contributed by atoms with E-state index < -0.39 is 12.0 Å². The Bertz CT molecular complexity index is 747. The number of carbonyl (C=O) groups excluding carboxylic acids is 2. The molecule has 0 fully saturated rings. The normalized spacial score (nSPS) is 11.8. The maximum atomic E-state index is 11.8. The number of hydrogen-bond donors (Lipinski definition) is 2. The van der Waals surface area contributed by atoms with Crippen LogP contribution in [0.1, 0.15) is 34.1 Å². The Morgan fingerprint density at radius 1 is 1.26 bits per heavy atom. The van der Waals surface area contributed by atoms with Gasteiger partial charge in [-0.3, -0.25) is 14.6 Å². The van der Waals surface area contributed by atoms with Gasteiger partial charge in [0.15, 0.2) is 0 Å². The van der Waals surface area contributed by atoms with Crippen LogP contribution in [0.3, 0.4) is 0 Å². The van der Waals surface area contributed by atoms with E-state index in [2.05, 4.69) is 10.6 Å². The van der Waals surface area contributed by atoms with Crippen LogP contribution in [0.2, 0.25) is 0 Å². The number of aliphatic hydroxyl groups excluding tert-OH is 1. The van der Waals surface area contributed by atoms with Crippen molar-refractivity contribution in [3.05, 3.63) is 62.7 Å². The van der Waals surface area contributed by atoms with Crippen LogP contribution in [0.15, 0.2) is 47.0 Å². The summed E-state index contributed by atoms with van der Waals surface area (Å²) in [6.07, 6.45) is 1.28. The minimum Gasteiger partial charge on any atom is -0.393 e. The molecule has 2 rings (SSSR count). The molecule has 1 aromatic heterocycles. The molecule has 0 radical (unpaired) electrons. The van der Waals surface area contributed by atoms with Crippen LogP contribution in [0.4, 0.5) is 0 Å². The van der Waals surface area contributed by atoms with Gasteiger partial charge in [0, 0.05) is 42.1 Å². The Labute approximate surface area is 162 Å². The Kier molecular flexibility index (Phi) is 8.25. The van der Waals surface area contributed by atoms with E-state index in [1.54, 1.807) is 35.6 Å². The summed E-state index contributed by atoms with van der Waals surface area (Å²) in [4.78, 5) is 34.4. The number of benzene rings is 1. The van der Waals surface area contributed by atoms with E-state index in [-0.39, 0.29) is 11.5 Å². The summed E-state index contributed by atoms with van der Waals surface area (Å²) in [6.45, 7) is 2.42. The van der Waals surface area contributed by atoms with Gasteiger partial charge in [-0.2, -0.15) is 0 Å². The Balaban J connectivity index is 1.77. The minimum atomic E-state index is -0.797. The van der Waals surface area contributed by atoms with Crippen molar-refractivity contribution in [1.82, 2.24) is 10.4 Å². The van der Waals surface area contributed by atoms with Crippen molar-refractivity contribution in [3.63, 3.8) is 0 Å². The van der Waals surface area contributed by atoms with E-state index in [1.165, 1.54) is 11.9 Å². The molecule has 0 saturated carbocycles. The van der Waals surface area contributed by atoms with Crippen LogP contribution >= 0.6 is 11.3 Å². The highest BCUT2D eigenvalue weighted by atomic mass is 32.1. The van der Waals surface area contributed by atoms with Gasteiger partial charge in [-0.25, -0.2) is 5.43 Å². The third-order valence-electron chi connectivity index (χ3n) is 4.09. The average Bonchev–Trinajstić information content (AvgIpc) is 3.16. The van der Waals surface area contributed by atoms with E-state index in [0.717, 1.165) is 10.4 Å². The standard InChI is InChI=1S/C19H23N3O4S/c1-14(23)22(20-10-8-17(24)13-18-3-2-12-27-18)11-9-15-4-6-16(7-5-15)19(25)21-26/h2-7,12,17,20,24H,8-11,13H2,1H3. The molecule has 0 spiro atoms. The van der Waals surface area contributed by atoms with E-state index >= 15 is 0 Å². The highest BCUT2D eigenvalue weighted by molar-refractivity contribution is 7.09. The molecule has 1 atom stereocenters. The fourth-order valence-corrected chi connectivity index (χ4v) is 3.36. The predicted octanol–water partition coefficient (Wildman–Crippen LogP) is 2.54. The second-order valence-electron chi connectivity index (χ2n) is 6.15. The first kappa shape index (κ1) is 20.9. The zero-order valence-corrected chi connectivity index (χ0v) is 15.9. The van der Waals surface area contributed by atoms with Crippen molar-refractivity contribution in [2.45, 2.75) is 32.3 Å². The maximum absolute atomic E-state index is 11.8. The van der Waals surface area contributed by atoms with Crippen molar-refractivity contribution in [2.75, 3.05) is 13.1 Å². The molecule has 144 valence electrons. The van der Waals surface area contributed by atoms with Gasteiger partial charge in [-0.05, 0) is 42.0 Å². The van der Waals surface area contributed by atoms with Crippen molar-refractivity contribution in [1.29, 1.82) is 0 Å². The molecule has 7 nitrogen and oxygen atoms in total. The van der Waals surface area contributed by atoms with E-state index in [1.807, 2.05) is 17.5 Å². The Morgan fingerprint density at radius 2 is 2.00 bits per heavy atom. The molecule has 0 saturated heterocycles. The molecule has 8 heteroatoms. The van der Waals surface area contributed by atoms with Crippen LogP contribution in [0.25, 0.3) is 0 Å². The summed E-state index contributed by atoms with van der Waals surface area (Å²) in [5, 5.41) is 16.0. The summed E-state index contributed by atoms with van der Waals surface area (Å²) in [7, 11) is 0. The first-order valence-corrected chi connectivity index (χ1v) is 9.56. The lowest BCUT2D eigenvalue weighted by Gasteiger charge is -2.23. The zero-order valence-electron chi connectivity index (χ0n) is 15.1. The topological polar surface area (TPSA) is 99.1 Å². The minimum absolute atomic E-state index is 0.111. The highest BCUT2D eigenvalue weighted by Gasteiger charge is 2.11. The van der Waals surface area contributed by atoms with Gasteiger partial charge in [0.05, 0.1) is 6.10 Å². The van der Waals surface area contributed by atoms with Gasteiger partial charge in [0.1, 0.15) is 0 Å². The zero-order chi connectivity index (χ0) is 19.6. The molecule has 0 aliphatic rings. The molecular formula is C19H23N3O4S. The van der Waals surface area contributed by atoms with Crippen molar-refractivity contribution in [3.8, 4) is 0 Å².